The van der Waals surface area contributed by atoms with Gasteiger partial charge in [0.2, 0.25) is 0 Å². The second-order valence-electron chi connectivity index (χ2n) is 4.29. The number of carbonyl (C=O) groups is 1. The van der Waals surface area contributed by atoms with E-state index in [1.807, 2.05) is 0 Å². The highest BCUT2D eigenvalue weighted by atomic mass is 32.2. The Bertz CT molecular complexity index is 731. The van der Waals surface area contributed by atoms with Gasteiger partial charge in [0.05, 0.1) is 7.11 Å². The van der Waals surface area contributed by atoms with Crippen LogP contribution in [0.4, 0.5) is 0 Å². The molecule has 0 spiro atoms. The van der Waals surface area contributed by atoms with Gasteiger partial charge >= 0.3 is 10.1 Å². The largest absolute Gasteiger partial charge is 0.497 e. The fraction of sp³-hybridized carbons (Fsp3) is 0.133. The van der Waals surface area contributed by atoms with Crippen molar-refractivity contribution >= 4 is 15.9 Å². The molecule has 0 amide bonds. The van der Waals surface area contributed by atoms with Crippen molar-refractivity contribution in [1.29, 1.82) is 0 Å². The second kappa shape index (κ2) is 5.97. The maximum atomic E-state index is 12.1. The lowest BCUT2D eigenvalue weighted by Crippen LogP contribution is -2.10. The van der Waals surface area contributed by atoms with Crippen molar-refractivity contribution in [2.24, 2.45) is 0 Å². The van der Waals surface area contributed by atoms with Crippen LogP contribution in [-0.4, -0.2) is 21.3 Å². The number of Topliss-reactive ketones (excluding diaryl/α,β-unsaturated/α-hetero) is 1. The fourth-order valence-corrected chi connectivity index (χ4v) is 2.59. The van der Waals surface area contributed by atoms with Crippen LogP contribution >= 0.6 is 0 Å². The summed E-state index contributed by atoms with van der Waals surface area (Å²) in [7, 11) is -2.41. The van der Waals surface area contributed by atoms with E-state index in [4.69, 9.17) is 8.92 Å². The minimum Gasteiger partial charge on any atom is -0.497 e. The molecule has 2 aromatic carbocycles. The molecule has 0 aliphatic heterocycles. The Morgan fingerprint density at radius 2 is 1.43 bits per heavy atom. The van der Waals surface area contributed by atoms with Crippen molar-refractivity contribution in [3.05, 3.63) is 54.1 Å². The van der Waals surface area contributed by atoms with E-state index in [-0.39, 0.29) is 16.4 Å². The summed E-state index contributed by atoms with van der Waals surface area (Å²) >= 11 is 0. The zero-order chi connectivity index (χ0) is 15.5. The molecule has 110 valence electrons. The Morgan fingerprint density at radius 1 is 0.905 bits per heavy atom. The van der Waals surface area contributed by atoms with E-state index in [9.17, 15) is 13.2 Å². The molecule has 0 bridgehead atoms. The normalized spacial score (nSPS) is 11.0. The highest BCUT2D eigenvalue weighted by molar-refractivity contribution is 7.87. The maximum Gasteiger partial charge on any atom is 0.339 e. The molecule has 0 atom stereocenters. The summed E-state index contributed by atoms with van der Waals surface area (Å²) < 4.78 is 34.2. The first kappa shape index (κ1) is 15.1. The third-order valence-electron chi connectivity index (χ3n) is 2.81. The number of carbonyl (C=O) groups excluding carboxylic acids is 1. The summed E-state index contributed by atoms with van der Waals surface area (Å²) in [4.78, 5) is 11.2. The molecule has 0 N–H and O–H groups in total. The van der Waals surface area contributed by atoms with E-state index in [1.54, 1.807) is 12.1 Å². The van der Waals surface area contributed by atoms with Gasteiger partial charge in [0, 0.05) is 5.56 Å². The van der Waals surface area contributed by atoms with Crippen LogP contribution in [-0.2, 0) is 10.1 Å². The average Bonchev–Trinajstić information content (AvgIpc) is 2.48. The van der Waals surface area contributed by atoms with Crippen molar-refractivity contribution in [2.75, 3.05) is 7.11 Å². The minimum absolute atomic E-state index is 0.0108. The van der Waals surface area contributed by atoms with E-state index in [0.717, 1.165) is 0 Å². The zero-order valence-electron chi connectivity index (χ0n) is 11.6. The molecule has 0 saturated carbocycles. The predicted octanol–water partition coefficient (Wildman–Crippen LogP) is 2.67. The van der Waals surface area contributed by atoms with Crippen molar-refractivity contribution in [1.82, 2.24) is 0 Å². The quantitative estimate of drug-likeness (QED) is 0.627. The van der Waals surface area contributed by atoms with E-state index in [1.165, 1.54) is 50.4 Å². The lowest BCUT2D eigenvalue weighted by Gasteiger charge is -2.08. The smallest absolute Gasteiger partial charge is 0.339 e. The summed E-state index contributed by atoms with van der Waals surface area (Å²) in [6.45, 7) is 1.41. The second-order valence-corrected chi connectivity index (χ2v) is 5.84. The third kappa shape index (κ3) is 3.61. The molecule has 21 heavy (non-hydrogen) atoms. The topological polar surface area (TPSA) is 69.7 Å². The van der Waals surface area contributed by atoms with Crippen LogP contribution in [0.25, 0.3) is 0 Å². The van der Waals surface area contributed by atoms with Gasteiger partial charge in [0.1, 0.15) is 16.4 Å². The van der Waals surface area contributed by atoms with Crippen LogP contribution in [0.2, 0.25) is 0 Å². The highest BCUT2D eigenvalue weighted by Crippen LogP contribution is 2.21. The van der Waals surface area contributed by atoms with Gasteiger partial charge in [-0.2, -0.15) is 8.42 Å². The van der Waals surface area contributed by atoms with Gasteiger partial charge in [0.25, 0.3) is 0 Å². The van der Waals surface area contributed by atoms with Crippen LogP contribution in [0.15, 0.2) is 53.4 Å². The molecule has 0 heterocycles. The lowest BCUT2D eigenvalue weighted by molar-refractivity contribution is 0.101. The average molecular weight is 306 g/mol. The molecule has 5 nitrogen and oxygen atoms in total. The number of benzene rings is 2. The first-order chi connectivity index (χ1) is 9.92. The molecule has 0 aliphatic carbocycles. The van der Waals surface area contributed by atoms with Gasteiger partial charge < -0.3 is 8.92 Å². The van der Waals surface area contributed by atoms with Gasteiger partial charge in [-0.25, -0.2) is 0 Å². The molecular weight excluding hydrogens is 292 g/mol. The maximum absolute atomic E-state index is 12.1. The first-order valence-corrected chi connectivity index (χ1v) is 7.53. The molecule has 0 unspecified atom stereocenters. The first-order valence-electron chi connectivity index (χ1n) is 6.12. The molecule has 0 aliphatic rings. The summed E-state index contributed by atoms with van der Waals surface area (Å²) in [6.07, 6.45) is 0. The molecule has 2 rings (SSSR count). The monoisotopic (exact) mass is 306 g/mol. The van der Waals surface area contributed by atoms with Crippen LogP contribution in [0.1, 0.15) is 17.3 Å². The Balaban J connectivity index is 2.22. The third-order valence-corrected chi connectivity index (χ3v) is 4.08. The van der Waals surface area contributed by atoms with Crippen molar-refractivity contribution in [3.8, 4) is 11.5 Å². The highest BCUT2D eigenvalue weighted by Gasteiger charge is 2.17. The van der Waals surface area contributed by atoms with Crippen molar-refractivity contribution in [2.45, 2.75) is 11.8 Å². The number of ketones is 1. The number of methoxy groups -OCH3 is 1. The predicted molar refractivity (Wildman–Crippen MR) is 77.3 cm³/mol. The van der Waals surface area contributed by atoms with E-state index in [0.29, 0.717) is 11.3 Å². The lowest BCUT2D eigenvalue weighted by atomic mass is 10.2. The van der Waals surface area contributed by atoms with Crippen LogP contribution in [0.3, 0.4) is 0 Å². The Hall–Kier alpha value is -2.34. The van der Waals surface area contributed by atoms with Crippen LogP contribution in [0.5, 0.6) is 11.5 Å². The van der Waals surface area contributed by atoms with Crippen LogP contribution < -0.4 is 8.92 Å². The summed E-state index contributed by atoms with van der Waals surface area (Å²) in [5.74, 6) is 0.659. The standard InChI is InChI=1S/C15H14O5S/c1-11(16)12-3-9-15(10-4-12)21(17,18)20-14-7-5-13(19-2)6-8-14/h3-10H,1-2H3. The van der Waals surface area contributed by atoms with E-state index < -0.39 is 10.1 Å². The molecule has 0 aromatic heterocycles. The van der Waals surface area contributed by atoms with E-state index >= 15 is 0 Å². The minimum atomic E-state index is -3.93. The zero-order valence-corrected chi connectivity index (χ0v) is 12.4. The molecule has 6 heteroatoms. The SMILES string of the molecule is COc1ccc(OS(=O)(=O)c2ccc(C(C)=O)cc2)cc1. The van der Waals surface area contributed by atoms with Gasteiger partial charge in [-0.1, -0.05) is 12.1 Å². The Labute approximate surface area is 123 Å². The Morgan fingerprint density at radius 3 is 1.90 bits per heavy atom. The number of rotatable bonds is 5. The number of ether oxygens (including phenoxy) is 1. The Kier molecular flexibility index (Phi) is 4.28. The number of hydrogen-bond donors (Lipinski definition) is 0. The summed E-state index contributed by atoms with van der Waals surface area (Å²) in [6, 6.07) is 11.8. The molecule has 2 aromatic rings. The van der Waals surface area contributed by atoms with Gasteiger partial charge in [-0.05, 0) is 43.3 Å². The van der Waals surface area contributed by atoms with Crippen molar-refractivity contribution < 1.29 is 22.1 Å². The molecule has 0 saturated heterocycles. The molecular formula is C15H14O5S. The summed E-state index contributed by atoms with van der Waals surface area (Å²) in [5, 5.41) is 0. The molecule has 0 radical (unpaired) electrons. The summed E-state index contributed by atoms with van der Waals surface area (Å²) in [5.41, 5.74) is 0.443. The van der Waals surface area contributed by atoms with Gasteiger partial charge in [-0.15, -0.1) is 0 Å². The van der Waals surface area contributed by atoms with E-state index in [2.05, 4.69) is 0 Å². The van der Waals surface area contributed by atoms with Crippen LogP contribution in [0, 0.1) is 0 Å². The fourth-order valence-electron chi connectivity index (χ4n) is 1.66. The number of hydrogen-bond acceptors (Lipinski definition) is 5. The molecule has 0 fully saturated rings. The van der Waals surface area contributed by atoms with Gasteiger partial charge in [-0.3, -0.25) is 4.79 Å². The van der Waals surface area contributed by atoms with Crippen molar-refractivity contribution in [3.63, 3.8) is 0 Å². The van der Waals surface area contributed by atoms with Gasteiger partial charge in [0.15, 0.2) is 5.78 Å².